The van der Waals surface area contributed by atoms with Crippen LogP contribution in [0.1, 0.15) is 286 Å². The van der Waals surface area contributed by atoms with Crippen molar-refractivity contribution in [3.8, 4) is 6.07 Å². The lowest BCUT2D eigenvalue weighted by atomic mass is 9.75. The van der Waals surface area contributed by atoms with Gasteiger partial charge in [-0.3, -0.25) is 63.8 Å². The number of piperazine rings is 3. The molecule has 27 nitrogen and oxygen atoms in total. The Kier molecular flexibility index (Phi) is 45.2. The maximum Gasteiger partial charge on any atom is 0.319 e. The second-order valence-corrected chi connectivity index (χ2v) is 53.3. The summed E-state index contributed by atoms with van der Waals surface area (Å²) in [6, 6.07) is 2.63. The second kappa shape index (κ2) is 47.3. The molecule has 1 unspecified atom stereocenters. The third kappa shape index (κ3) is 42.0. The van der Waals surface area contributed by atoms with Crippen LogP contribution in [0.5, 0.6) is 0 Å². The van der Waals surface area contributed by atoms with Gasteiger partial charge in [0.2, 0.25) is 17.7 Å². The number of nitrogens with one attached hydrogen (secondary N) is 1. The van der Waals surface area contributed by atoms with Crippen LogP contribution in [0.2, 0.25) is 0 Å². The Morgan fingerprint density at radius 1 is 0.476 bits per heavy atom. The number of amides is 5. The number of carbonyl (C=O) groups excluding carboxylic acids is 4. The van der Waals surface area contributed by atoms with Crippen molar-refractivity contribution in [2.24, 2.45) is 11.8 Å². The number of rotatable bonds is 4. The normalized spacial score (nSPS) is 23.3. The van der Waals surface area contributed by atoms with Gasteiger partial charge >= 0.3 is 6.03 Å². The Balaban J connectivity index is 0.000000699. The number of nitriles is 1. The smallest absolute Gasteiger partial charge is 0.319 e. The van der Waals surface area contributed by atoms with E-state index >= 15 is 0 Å². The number of sulfone groups is 2. The zero-order valence-electron chi connectivity index (χ0n) is 86.0. The molecule has 0 bridgehead atoms. The minimum Gasteiger partial charge on any atom is -0.393 e. The van der Waals surface area contributed by atoms with Crippen molar-refractivity contribution in [3.63, 3.8) is 0 Å². The van der Waals surface area contributed by atoms with Crippen LogP contribution in [0.4, 0.5) is 13.6 Å². The zero-order valence-corrected chi connectivity index (χ0v) is 88.5. The molecule has 124 heavy (non-hydrogen) atoms. The molecule has 1 atom stereocenters. The molecular formula is C92H186F2N16O11S3. The summed E-state index contributed by atoms with van der Waals surface area (Å²) in [4.78, 5) is 71.4. The van der Waals surface area contributed by atoms with Crippen LogP contribution in [0, 0.1) is 23.2 Å². The molecule has 9 rings (SSSR count). The molecule has 32 heteroatoms. The molecule has 9 aliphatic rings. The third-order valence-electron chi connectivity index (χ3n) is 24.9. The molecule has 9 fully saturated rings. The van der Waals surface area contributed by atoms with E-state index in [2.05, 4.69) is 244 Å². The topological polar surface area (TPSA) is 272 Å². The number of halogens is 2. The first-order valence-electron chi connectivity index (χ1n) is 45.8. The molecule has 0 aromatic rings. The quantitative estimate of drug-likeness (QED) is 0.248. The fraction of sp³-hybridized carbons (Fsp3) is 0.946. The lowest BCUT2D eigenvalue weighted by Gasteiger charge is -2.60. The fourth-order valence-electron chi connectivity index (χ4n) is 18.1. The summed E-state index contributed by atoms with van der Waals surface area (Å²) in [5, 5.41) is 20.8. The molecular weight excluding hydrogens is 1640 g/mol. The van der Waals surface area contributed by atoms with Gasteiger partial charge in [-0.2, -0.15) is 22.3 Å². The molecule has 0 aliphatic carbocycles. The number of urea groups is 1. The minimum atomic E-state index is -3.23. The second-order valence-electron chi connectivity index (χ2n) is 46.6. The monoisotopic (exact) mass is 1830 g/mol. The van der Waals surface area contributed by atoms with Crippen molar-refractivity contribution < 1.29 is 58.3 Å². The largest absolute Gasteiger partial charge is 0.393 e. The standard InChI is InChI=1S/C13H27NO.C12H24N2O.C11H23N3O.C10H23N3O2S.C10H18N2.C10H21NO2S.C9H17F2N.C9H19NO2S.C8H14N2O2/c1-11(2,3)14-12(4,5)8-10(15)9-13(14,6)7;1-12(2,3)14-8-6-10(7-9-14)11(15)13(4)5;1-11(2,3)14-8-6-13(7-9-14)10(15)12(4)5;1-10(2,3)12-6-8-13(9-7-12)16(14,15)11(4)5;1-10(2,3)12-6-4-9(8-11)5-7-12;1-10(2,3)11-7-5-9(6-8-11)14(4,12)13;1-8(2,3)12-6-4-9(10,11)5-7-12;1-8-7-13(11,12)6-5-10(8)9(2,3)4;1-8(2,3)10-4-6(11)9-7(12)5-10/h10,15H,8-9H2,1-7H3;10H,6-9H2,1-5H3;6-9H2,1-5H3;6-9H2,1-5H3;9H,4-7H2,1-3H3;9H,5-8H2,1-4H3;4-7H2,1-3H3;8H,5-7H2,1-4H3;4-5H2,1-3H3,(H,9,11,12). The van der Waals surface area contributed by atoms with Gasteiger partial charge in [0, 0.05) is 212 Å². The molecule has 9 heterocycles. The Morgan fingerprint density at radius 3 is 1.10 bits per heavy atom. The fourth-order valence-corrected chi connectivity index (χ4v) is 21.8. The van der Waals surface area contributed by atoms with Gasteiger partial charge in [-0.15, -0.1) is 0 Å². The SMILES string of the molecule is CC(C)(C)N1C(C)(C)CC(O)CC1(C)C.CC(C)(C)N1CC(=O)NC(=O)C1.CC(C)(C)N1CCC(C#N)CC1.CC(C)(C)N1CCC(F)(F)CC1.CC(C)(C)N1CCC(S(C)(=O)=O)CC1.CC1CS(=O)(=O)CCN1C(C)(C)C.CN(C)C(=O)C1CCN(C(C)(C)C)CC1.CN(C)C(=O)N1CCN(C(C)(C)C)CC1.CN(C)S(=O)(=O)N1CCN(C(C)(C)C)CC1. The molecule has 2 N–H and O–H groups in total. The van der Waals surface area contributed by atoms with Gasteiger partial charge in [-0.1, -0.05) is 0 Å². The highest BCUT2D eigenvalue weighted by molar-refractivity contribution is 7.91. The van der Waals surface area contributed by atoms with E-state index in [4.69, 9.17) is 5.26 Å². The number of aliphatic hydroxyl groups is 1. The average Bonchev–Trinajstić information content (AvgIpc) is 0.748. The molecule has 0 radical (unpaired) electrons. The van der Waals surface area contributed by atoms with Gasteiger partial charge in [-0.25, -0.2) is 30.4 Å². The van der Waals surface area contributed by atoms with Gasteiger partial charge in [0.15, 0.2) is 9.84 Å². The molecule has 0 spiro atoms. The third-order valence-corrected chi connectivity index (χ3v) is 30.4. The van der Waals surface area contributed by atoms with Crippen LogP contribution in [0.25, 0.3) is 0 Å². The molecule has 0 aromatic carbocycles. The summed E-state index contributed by atoms with van der Waals surface area (Å²) in [6.45, 7) is 84.1. The van der Waals surface area contributed by atoms with Crippen LogP contribution in [-0.4, -0.2) is 390 Å². The molecule has 9 saturated heterocycles. The van der Waals surface area contributed by atoms with Crippen LogP contribution >= 0.6 is 0 Å². The Labute approximate surface area is 757 Å². The van der Waals surface area contributed by atoms with E-state index in [9.17, 15) is 58.3 Å². The van der Waals surface area contributed by atoms with E-state index in [0.29, 0.717) is 69.1 Å². The number of likely N-dealkylation sites (tertiary alicyclic amines) is 5. The number of hydrogen-bond donors (Lipinski definition) is 2. The number of nitrogens with zero attached hydrogens (tertiary/aromatic N) is 15. The zero-order chi connectivity index (χ0) is 97.1. The summed E-state index contributed by atoms with van der Waals surface area (Å²) < 4.78 is 97.3. The van der Waals surface area contributed by atoms with Gasteiger partial charge in [0.25, 0.3) is 16.1 Å². The van der Waals surface area contributed by atoms with Crippen LogP contribution < -0.4 is 5.32 Å². The Bertz CT molecular complexity index is 3530. The van der Waals surface area contributed by atoms with E-state index in [1.54, 1.807) is 42.3 Å². The molecule has 5 amide bonds. The van der Waals surface area contributed by atoms with Gasteiger partial charge in [0.1, 0.15) is 9.84 Å². The maximum absolute atomic E-state index is 12.7. The van der Waals surface area contributed by atoms with E-state index in [1.807, 2.05) is 51.6 Å². The number of piperidine rings is 5. The molecule has 9 aliphatic heterocycles. The van der Waals surface area contributed by atoms with Gasteiger partial charge in [-0.05, 0) is 312 Å². The minimum absolute atomic E-state index is 0.0181. The van der Waals surface area contributed by atoms with Crippen molar-refractivity contribution >= 4 is 53.6 Å². The van der Waals surface area contributed by atoms with E-state index in [1.165, 1.54) is 10.6 Å². The highest BCUT2D eigenvalue weighted by Crippen LogP contribution is 2.43. The summed E-state index contributed by atoms with van der Waals surface area (Å²) in [5.74, 6) is -1.35. The molecule has 0 aromatic heterocycles. The van der Waals surface area contributed by atoms with Crippen LogP contribution in [-0.2, 0) is 44.3 Å². The first kappa shape index (κ1) is 119. The lowest BCUT2D eigenvalue weighted by molar-refractivity contribution is -0.138. The van der Waals surface area contributed by atoms with Crippen molar-refractivity contribution in [2.45, 2.75) is 370 Å². The summed E-state index contributed by atoms with van der Waals surface area (Å²) >= 11 is 0. The van der Waals surface area contributed by atoms with Crippen molar-refractivity contribution in [3.05, 3.63) is 0 Å². The Hall–Kier alpha value is -3.40. The summed E-state index contributed by atoms with van der Waals surface area (Å²) in [7, 11) is 1.63. The lowest BCUT2D eigenvalue weighted by Crippen LogP contribution is -2.67. The Morgan fingerprint density at radius 2 is 0.806 bits per heavy atom. The maximum atomic E-state index is 12.7. The highest BCUT2D eigenvalue weighted by Gasteiger charge is 2.50. The predicted octanol–water partition coefficient (Wildman–Crippen LogP) is 12.2. The molecule has 0 saturated carbocycles. The first-order valence-corrected chi connectivity index (χ1v) is 51.0. The molecule has 732 valence electrons. The van der Waals surface area contributed by atoms with E-state index < -0.39 is 35.8 Å². The predicted molar refractivity (Wildman–Crippen MR) is 509 cm³/mol. The first-order chi connectivity index (χ1) is 55.4. The summed E-state index contributed by atoms with van der Waals surface area (Å²) in [5.41, 5.74) is 1.31. The number of aliphatic hydroxyl groups excluding tert-OH is 1. The van der Waals surface area contributed by atoms with Crippen molar-refractivity contribution in [1.29, 1.82) is 5.26 Å². The van der Waals surface area contributed by atoms with Crippen LogP contribution in [0.3, 0.4) is 0 Å². The van der Waals surface area contributed by atoms with Crippen molar-refractivity contribution in [1.82, 2.24) is 72.7 Å². The highest BCUT2D eigenvalue weighted by atomic mass is 32.2. The summed E-state index contributed by atoms with van der Waals surface area (Å²) in [6.07, 6.45) is 8.66. The van der Waals surface area contributed by atoms with E-state index in [0.717, 1.165) is 130 Å². The number of imide groups is 1. The average molecular weight is 1830 g/mol. The van der Waals surface area contributed by atoms with E-state index in [-0.39, 0.29) is 115 Å². The number of alkyl halides is 2. The van der Waals surface area contributed by atoms with Crippen LogP contribution in [0.15, 0.2) is 0 Å². The van der Waals surface area contributed by atoms with Gasteiger partial charge < -0.3 is 19.8 Å². The van der Waals surface area contributed by atoms with Crippen molar-refractivity contribution in [2.75, 3.05) is 184 Å². The number of hydrogen-bond acceptors (Lipinski definition) is 21. The number of carbonyl (C=O) groups is 4. The van der Waals surface area contributed by atoms with Gasteiger partial charge in [0.05, 0.1) is 42.0 Å².